The Morgan fingerprint density at radius 2 is 1.83 bits per heavy atom. The van der Waals surface area contributed by atoms with Gasteiger partial charge in [0.1, 0.15) is 5.75 Å². The highest BCUT2D eigenvalue weighted by molar-refractivity contribution is 7.90. The van der Waals surface area contributed by atoms with E-state index >= 15 is 0 Å². The van der Waals surface area contributed by atoms with Crippen molar-refractivity contribution in [3.8, 4) is 5.75 Å². The molecule has 1 atom stereocenters. The summed E-state index contributed by atoms with van der Waals surface area (Å²) >= 11 is 0. The number of aryl methyl sites for hydroxylation is 2. The minimum absolute atomic E-state index is 0.163. The Morgan fingerprint density at radius 1 is 1.12 bits per heavy atom. The van der Waals surface area contributed by atoms with Gasteiger partial charge in [-0.15, -0.1) is 0 Å². The van der Waals surface area contributed by atoms with Gasteiger partial charge < -0.3 is 10.1 Å². The number of anilines is 1. The lowest BCUT2D eigenvalue weighted by Gasteiger charge is -2.16. The molecule has 0 saturated carbocycles. The highest BCUT2D eigenvalue weighted by Crippen LogP contribution is 2.21. The fourth-order valence-corrected chi connectivity index (χ4v) is 2.79. The third-order valence-electron chi connectivity index (χ3n) is 3.57. The minimum atomic E-state index is -3.33. The van der Waals surface area contributed by atoms with E-state index in [9.17, 15) is 13.2 Å². The number of nitrogens with one attached hydrogen (secondary N) is 1. The molecule has 0 spiro atoms. The van der Waals surface area contributed by atoms with Crippen molar-refractivity contribution in [3.05, 3.63) is 53.6 Å². The van der Waals surface area contributed by atoms with E-state index in [1.54, 1.807) is 26.0 Å². The first kappa shape index (κ1) is 18.0. The fraction of sp³-hybridized carbons (Fsp3) is 0.278. The summed E-state index contributed by atoms with van der Waals surface area (Å²) in [6.07, 6.45) is 0.417. The summed E-state index contributed by atoms with van der Waals surface area (Å²) in [4.78, 5) is 12.5. The SMILES string of the molecule is Cc1cccc(OC(C)C(=O)Nc2cc(S(C)(=O)=O)ccc2C)c1. The summed E-state index contributed by atoms with van der Waals surface area (Å²) in [6, 6.07) is 12.1. The van der Waals surface area contributed by atoms with Gasteiger partial charge in [0, 0.05) is 11.9 Å². The van der Waals surface area contributed by atoms with Gasteiger partial charge in [0.25, 0.3) is 5.91 Å². The predicted molar refractivity (Wildman–Crippen MR) is 94.2 cm³/mol. The largest absolute Gasteiger partial charge is 0.481 e. The number of benzene rings is 2. The van der Waals surface area contributed by atoms with E-state index in [4.69, 9.17) is 4.74 Å². The van der Waals surface area contributed by atoms with Gasteiger partial charge in [-0.25, -0.2) is 8.42 Å². The summed E-state index contributed by atoms with van der Waals surface area (Å²) in [5, 5.41) is 2.73. The van der Waals surface area contributed by atoms with Gasteiger partial charge >= 0.3 is 0 Å². The summed E-state index contributed by atoms with van der Waals surface area (Å²) in [5.74, 6) is 0.268. The van der Waals surface area contributed by atoms with Crippen LogP contribution in [-0.4, -0.2) is 26.7 Å². The number of carbonyl (C=O) groups excluding carboxylic acids is 1. The molecular weight excluding hydrogens is 326 g/mol. The maximum absolute atomic E-state index is 12.3. The van der Waals surface area contributed by atoms with Crippen LogP contribution >= 0.6 is 0 Å². The topological polar surface area (TPSA) is 72.5 Å². The van der Waals surface area contributed by atoms with Gasteiger partial charge in [-0.05, 0) is 56.2 Å². The Hall–Kier alpha value is -2.34. The van der Waals surface area contributed by atoms with Crippen LogP contribution in [0.15, 0.2) is 47.4 Å². The van der Waals surface area contributed by atoms with Crippen molar-refractivity contribution < 1.29 is 17.9 Å². The Morgan fingerprint density at radius 3 is 2.46 bits per heavy atom. The van der Waals surface area contributed by atoms with Crippen LogP contribution in [0.2, 0.25) is 0 Å². The smallest absolute Gasteiger partial charge is 0.265 e. The lowest BCUT2D eigenvalue weighted by Crippen LogP contribution is -2.30. The van der Waals surface area contributed by atoms with Crippen LogP contribution in [0.25, 0.3) is 0 Å². The summed E-state index contributed by atoms with van der Waals surface area (Å²) in [6.45, 7) is 5.39. The average Bonchev–Trinajstić information content (AvgIpc) is 2.48. The van der Waals surface area contributed by atoms with E-state index in [1.165, 1.54) is 12.1 Å². The summed E-state index contributed by atoms with van der Waals surface area (Å²) in [7, 11) is -3.33. The van der Waals surface area contributed by atoms with Crippen LogP contribution in [0.1, 0.15) is 18.1 Å². The first-order valence-electron chi connectivity index (χ1n) is 7.52. The molecule has 1 N–H and O–H groups in total. The second-order valence-corrected chi connectivity index (χ2v) is 7.83. The van der Waals surface area contributed by atoms with Crippen LogP contribution in [0.4, 0.5) is 5.69 Å². The molecule has 2 aromatic carbocycles. The maximum atomic E-state index is 12.3. The third kappa shape index (κ3) is 4.58. The number of carbonyl (C=O) groups is 1. The van der Waals surface area contributed by atoms with E-state index in [0.29, 0.717) is 11.4 Å². The average molecular weight is 347 g/mol. The highest BCUT2D eigenvalue weighted by atomic mass is 32.2. The van der Waals surface area contributed by atoms with Gasteiger partial charge in [0.2, 0.25) is 0 Å². The quantitative estimate of drug-likeness (QED) is 0.902. The molecule has 5 nitrogen and oxygen atoms in total. The highest BCUT2D eigenvalue weighted by Gasteiger charge is 2.17. The van der Waals surface area contributed by atoms with Crippen LogP contribution in [-0.2, 0) is 14.6 Å². The van der Waals surface area contributed by atoms with Crippen LogP contribution in [0.5, 0.6) is 5.75 Å². The normalized spacial score (nSPS) is 12.5. The Labute approximate surface area is 142 Å². The molecule has 6 heteroatoms. The molecule has 128 valence electrons. The van der Waals surface area contributed by atoms with Crippen LogP contribution in [0, 0.1) is 13.8 Å². The number of ether oxygens (including phenoxy) is 1. The standard InChI is InChI=1S/C18H21NO4S/c1-12-6-5-7-15(10-12)23-14(3)18(20)19-17-11-16(24(4,21)22)9-8-13(17)2/h5-11,14H,1-4H3,(H,19,20). The van der Waals surface area contributed by atoms with E-state index in [0.717, 1.165) is 17.4 Å². The zero-order chi connectivity index (χ0) is 17.9. The Kier molecular flexibility index (Phi) is 5.29. The van der Waals surface area contributed by atoms with Crippen molar-refractivity contribution >= 4 is 21.4 Å². The van der Waals surface area contributed by atoms with Gasteiger partial charge in [0.15, 0.2) is 15.9 Å². The van der Waals surface area contributed by atoms with E-state index in [-0.39, 0.29) is 10.8 Å². The second kappa shape index (κ2) is 7.05. The van der Waals surface area contributed by atoms with Crippen molar-refractivity contribution in [3.63, 3.8) is 0 Å². The van der Waals surface area contributed by atoms with E-state index in [2.05, 4.69) is 5.32 Å². The van der Waals surface area contributed by atoms with Gasteiger partial charge in [-0.1, -0.05) is 18.2 Å². The number of hydrogen-bond donors (Lipinski definition) is 1. The molecular formula is C18H21NO4S. The molecule has 2 rings (SSSR count). The van der Waals surface area contributed by atoms with E-state index in [1.807, 2.05) is 25.1 Å². The predicted octanol–water partition coefficient (Wildman–Crippen LogP) is 3.11. The monoisotopic (exact) mass is 347 g/mol. The molecule has 0 radical (unpaired) electrons. The molecule has 0 aromatic heterocycles. The van der Waals surface area contributed by atoms with Crippen molar-refractivity contribution in [1.82, 2.24) is 0 Å². The first-order chi connectivity index (χ1) is 11.2. The van der Waals surface area contributed by atoms with Crippen molar-refractivity contribution in [2.75, 3.05) is 11.6 Å². The summed E-state index contributed by atoms with van der Waals surface area (Å²) < 4.78 is 28.9. The third-order valence-corrected chi connectivity index (χ3v) is 4.68. The lowest BCUT2D eigenvalue weighted by molar-refractivity contribution is -0.122. The zero-order valence-corrected chi connectivity index (χ0v) is 15.0. The van der Waals surface area contributed by atoms with Gasteiger partial charge in [0.05, 0.1) is 4.90 Å². The molecule has 0 heterocycles. The number of rotatable bonds is 5. The van der Waals surface area contributed by atoms with Crippen molar-refractivity contribution in [1.29, 1.82) is 0 Å². The Balaban J connectivity index is 2.14. The molecule has 0 fully saturated rings. The molecule has 0 aliphatic heterocycles. The molecule has 0 saturated heterocycles. The minimum Gasteiger partial charge on any atom is -0.481 e. The first-order valence-corrected chi connectivity index (χ1v) is 9.41. The number of hydrogen-bond acceptors (Lipinski definition) is 4. The molecule has 0 aliphatic carbocycles. The molecule has 24 heavy (non-hydrogen) atoms. The van der Waals surface area contributed by atoms with Crippen molar-refractivity contribution in [2.45, 2.75) is 31.8 Å². The number of sulfone groups is 1. The van der Waals surface area contributed by atoms with Crippen LogP contribution < -0.4 is 10.1 Å². The van der Waals surface area contributed by atoms with Crippen molar-refractivity contribution in [2.24, 2.45) is 0 Å². The van der Waals surface area contributed by atoms with E-state index < -0.39 is 15.9 Å². The maximum Gasteiger partial charge on any atom is 0.265 e. The van der Waals surface area contributed by atoms with Gasteiger partial charge in [-0.2, -0.15) is 0 Å². The molecule has 0 bridgehead atoms. The fourth-order valence-electron chi connectivity index (χ4n) is 2.15. The molecule has 2 aromatic rings. The zero-order valence-electron chi connectivity index (χ0n) is 14.2. The van der Waals surface area contributed by atoms with Crippen LogP contribution in [0.3, 0.4) is 0 Å². The molecule has 1 unspecified atom stereocenters. The molecule has 0 aliphatic rings. The second-order valence-electron chi connectivity index (χ2n) is 5.81. The van der Waals surface area contributed by atoms with Gasteiger partial charge in [-0.3, -0.25) is 4.79 Å². The molecule has 1 amide bonds. The summed E-state index contributed by atoms with van der Waals surface area (Å²) in [5.41, 5.74) is 2.28. The lowest BCUT2D eigenvalue weighted by atomic mass is 10.2. The number of amides is 1. The Bertz CT molecular complexity index is 859.